The molecule has 1 fully saturated rings. The van der Waals surface area contributed by atoms with Crippen molar-refractivity contribution in [3.05, 3.63) is 29.3 Å². The van der Waals surface area contributed by atoms with E-state index in [0.29, 0.717) is 24.0 Å². The van der Waals surface area contributed by atoms with Crippen molar-refractivity contribution in [2.24, 2.45) is 0 Å². The molecule has 0 unspecified atom stereocenters. The minimum Gasteiger partial charge on any atom is -0.494 e. The van der Waals surface area contributed by atoms with E-state index in [-0.39, 0.29) is 29.7 Å². The van der Waals surface area contributed by atoms with Crippen molar-refractivity contribution < 1.29 is 42.0 Å². The second kappa shape index (κ2) is 4.56. The Morgan fingerprint density at radius 3 is 2.00 bits per heavy atom. The third-order valence-corrected chi connectivity index (χ3v) is 4.86. The summed E-state index contributed by atoms with van der Waals surface area (Å²) in [5.41, 5.74) is 0.952. The first kappa shape index (κ1) is 15.6. The lowest BCUT2D eigenvalue weighted by Gasteiger charge is -2.32. The van der Waals surface area contributed by atoms with Crippen molar-refractivity contribution in [3.63, 3.8) is 0 Å². The molecule has 0 amide bonds. The lowest BCUT2D eigenvalue weighted by Crippen LogP contribution is -2.52. The number of rotatable bonds is 1. The van der Waals surface area contributed by atoms with E-state index in [1.54, 1.807) is 0 Å². The Bertz CT molecular complexity index is 908. The number of hydrogen-bond donors (Lipinski definition) is 2. The molecule has 2 bridgehead atoms. The van der Waals surface area contributed by atoms with Gasteiger partial charge in [0.15, 0.2) is 11.5 Å². The van der Waals surface area contributed by atoms with Crippen LogP contribution in [0.5, 0.6) is 23.3 Å². The number of ether oxygens (including phenoxy) is 3. The molecule has 0 spiro atoms. The lowest BCUT2D eigenvalue weighted by molar-refractivity contribution is -0.391. The standard InChI is InChI=1S/C16H11F4NO5/c17-15(18)16(19,20)26-10-5-6(1-2-7(10)25-15)21-13(22)11-8-3-4-9(24-8)12(11)14(21)23/h1-2,5,8-9,22-23H,3-4H2/t8-,9+. The molecule has 4 heterocycles. The minimum absolute atomic E-state index is 0.0529. The molecule has 2 atom stereocenters. The highest BCUT2D eigenvalue weighted by Gasteiger charge is 2.66. The zero-order chi connectivity index (χ0) is 18.4. The zero-order valence-electron chi connectivity index (χ0n) is 12.9. The summed E-state index contributed by atoms with van der Waals surface area (Å²) in [7, 11) is 0. The highest BCUT2D eigenvalue weighted by atomic mass is 19.3. The van der Waals surface area contributed by atoms with E-state index in [4.69, 9.17) is 4.74 Å². The van der Waals surface area contributed by atoms with Gasteiger partial charge in [-0.3, -0.25) is 4.57 Å². The van der Waals surface area contributed by atoms with Gasteiger partial charge in [-0.1, -0.05) is 0 Å². The number of fused-ring (bicyclic) bond motifs is 6. The summed E-state index contributed by atoms with van der Waals surface area (Å²) in [6, 6.07) is 3.22. The third kappa shape index (κ3) is 1.79. The van der Waals surface area contributed by atoms with Crippen LogP contribution in [0.4, 0.5) is 17.6 Å². The number of benzene rings is 1. The molecule has 1 aromatic carbocycles. The third-order valence-electron chi connectivity index (χ3n) is 4.86. The van der Waals surface area contributed by atoms with Gasteiger partial charge in [0.2, 0.25) is 11.8 Å². The van der Waals surface area contributed by atoms with E-state index < -0.39 is 23.7 Å². The molecule has 138 valence electrons. The average molecular weight is 373 g/mol. The van der Waals surface area contributed by atoms with Gasteiger partial charge < -0.3 is 24.4 Å². The molecule has 1 saturated heterocycles. The summed E-state index contributed by atoms with van der Waals surface area (Å²) in [5, 5.41) is 21.0. The monoisotopic (exact) mass is 373 g/mol. The van der Waals surface area contributed by atoms with Crippen LogP contribution >= 0.6 is 0 Å². The fourth-order valence-electron chi connectivity index (χ4n) is 3.72. The number of aromatic nitrogens is 1. The first-order valence-corrected chi connectivity index (χ1v) is 7.79. The van der Waals surface area contributed by atoms with Gasteiger partial charge in [-0.2, -0.15) is 17.6 Å². The lowest BCUT2D eigenvalue weighted by atomic mass is 9.95. The topological polar surface area (TPSA) is 73.1 Å². The Morgan fingerprint density at radius 2 is 1.42 bits per heavy atom. The van der Waals surface area contributed by atoms with Gasteiger partial charge in [0.05, 0.1) is 29.0 Å². The van der Waals surface area contributed by atoms with Gasteiger partial charge in [0.25, 0.3) is 0 Å². The SMILES string of the molecule is Oc1c2c(c(O)n1-c1ccc3c(c1)OC(F)(F)C(F)(F)O3)[C@H]1CC[C@@H]2O1. The van der Waals surface area contributed by atoms with Crippen LogP contribution in [0.3, 0.4) is 0 Å². The molecular weight excluding hydrogens is 362 g/mol. The van der Waals surface area contributed by atoms with Gasteiger partial charge in [-0.25, -0.2) is 0 Å². The van der Waals surface area contributed by atoms with Crippen LogP contribution in [0.25, 0.3) is 5.69 Å². The van der Waals surface area contributed by atoms with Gasteiger partial charge in [0, 0.05) is 6.07 Å². The van der Waals surface area contributed by atoms with E-state index in [1.807, 2.05) is 0 Å². The molecule has 0 saturated carbocycles. The number of halogens is 4. The highest BCUT2D eigenvalue weighted by molar-refractivity contribution is 5.59. The molecule has 5 rings (SSSR count). The maximum atomic E-state index is 13.4. The second-order valence-electron chi connectivity index (χ2n) is 6.37. The van der Waals surface area contributed by atoms with Crippen molar-refractivity contribution in [2.45, 2.75) is 37.3 Å². The molecule has 6 nitrogen and oxygen atoms in total. The fourth-order valence-corrected chi connectivity index (χ4v) is 3.72. The molecule has 0 aliphatic carbocycles. The predicted molar refractivity (Wildman–Crippen MR) is 76.0 cm³/mol. The minimum atomic E-state index is -4.85. The Hall–Kier alpha value is -2.62. The van der Waals surface area contributed by atoms with E-state index in [9.17, 15) is 27.8 Å². The second-order valence-corrected chi connectivity index (χ2v) is 6.37. The number of hydrogen-bond acceptors (Lipinski definition) is 5. The molecule has 1 aromatic heterocycles. The van der Waals surface area contributed by atoms with Crippen molar-refractivity contribution in [1.82, 2.24) is 4.57 Å². The van der Waals surface area contributed by atoms with E-state index in [1.165, 1.54) is 6.07 Å². The van der Waals surface area contributed by atoms with Crippen LogP contribution < -0.4 is 9.47 Å². The zero-order valence-corrected chi connectivity index (χ0v) is 12.9. The van der Waals surface area contributed by atoms with E-state index in [2.05, 4.69) is 9.47 Å². The number of nitrogens with zero attached hydrogens (tertiary/aromatic N) is 1. The smallest absolute Gasteiger partial charge is 0.494 e. The molecule has 3 aliphatic rings. The summed E-state index contributed by atoms with van der Waals surface area (Å²) < 4.78 is 68.0. The maximum Gasteiger partial charge on any atom is 0.507 e. The van der Waals surface area contributed by atoms with Crippen LogP contribution in [0.2, 0.25) is 0 Å². The molecule has 10 heteroatoms. The Labute approximate surface area is 143 Å². The summed E-state index contributed by atoms with van der Waals surface area (Å²) in [6.45, 7) is 0. The van der Waals surface area contributed by atoms with E-state index in [0.717, 1.165) is 16.7 Å². The molecule has 2 N–H and O–H groups in total. The van der Waals surface area contributed by atoms with Crippen LogP contribution in [0, 0.1) is 0 Å². The van der Waals surface area contributed by atoms with E-state index >= 15 is 0 Å². The quantitative estimate of drug-likeness (QED) is 0.745. The summed E-state index contributed by atoms with van der Waals surface area (Å²) >= 11 is 0. The first-order chi connectivity index (χ1) is 12.2. The van der Waals surface area contributed by atoms with Crippen molar-refractivity contribution in [3.8, 4) is 28.9 Å². The van der Waals surface area contributed by atoms with Crippen molar-refractivity contribution in [2.75, 3.05) is 0 Å². The molecule has 3 aliphatic heterocycles. The number of aromatic hydroxyl groups is 2. The Balaban J connectivity index is 1.62. The van der Waals surface area contributed by atoms with Crippen LogP contribution in [0.1, 0.15) is 36.2 Å². The summed E-state index contributed by atoms with van der Waals surface area (Å²) in [5.74, 6) is -1.80. The largest absolute Gasteiger partial charge is 0.507 e. The van der Waals surface area contributed by atoms with Gasteiger partial charge >= 0.3 is 12.2 Å². The highest BCUT2D eigenvalue weighted by Crippen LogP contribution is 2.59. The van der Waals surface area contributed by atoms with Gasteiger partial charge in [-0.15, -0.1) is 0 Å². The van der Waals surface area contributed by atoms with Gasteiger partial charge in [0.1, 0.15) is 0 Å². The fraction of sp³-hybridized carbons (Fsp3) is 0.375. The maximum absolute atomic E-state index is 13.4. The molecule has 2 aromatic rings. The van der Waals surface area contributed by atoms with Gasteiger partial charge in [-0.05, 0) is 25.0 Å². The average Bonchev–Trinajstić information content (AvgIpc) is 3.22. The first-order valence-electron chi connectivity index (χ1n) is 7.79. The van der Waals surface area contributed by atoms with Crippen LogP contribution in [-0.4, -0.2) is 27.0 Å². The summed E-state index contributed by atoms with van der Waals surface area (Å²) in [6.07, 6.45) is -8.97. The normalized spacial score (nSPS) is 26.8. The number of alkyl halides is 4. The Kier molecular flexibility index (Phi) is 2.74. The van der Waals surface area contributed by atoms with Crippen molar-refractivity contribution >= 4 is 0 Å². The van der Waals surface area contributed by atoms with Crippen LogP contribution in [-0.2, 0) is 4.74 Å². The molecule has 0 radical (unpaired) electrons. The Morgan fingerprint density at radius 1 is 0.885 bits per heavy atom. The predicted octanol–water partition coefficient (Wildman–Crippen LogP) is 3.75. The molecular formula is C16H11F4NO5. The van der Waals surface area contributed by atoms with Crippen LogP contribution in [0.15, 0.2) is 18.2 Å². The van der Waals surface area contributed by atoms with Crippen molar-refractivity contribution in [1.29, 1.82) is 0 Å². The summed E-state index contributed by atoms with van der Waals surface area (Å²) in [4.78, 5) is 0. The molecule has 26 heavy (non-hydrogen) atoms.